The van der Waals surface area contributed by atoms with E-state index in [9.17, 15) is 4.79 Å². The van der Waals surface area contributed by atoms with E-state index in [0.717, 1.165) is 25.1 Å². The van der Waals surface area contributed by atoms with Crippen molar-refractivity contribution < 1.29 is 4.79 Å². The molecule has 0 radical (unpaired) electrons. The Bertz CT molecular complexity index is 464. The molecule has 0 aromatic heterocycles. The second-order valence-corrected chi connectivity index (χ2v) is 5.91. The van der Waals surface area contributed by atoms with Crippen LogP contribution in [0.4, 0.5) is 5.69 Å². The minimum Gasteiger partial charge on any atom is -0.376 e. The molecule has 1 N–H and O–H groups in total. The van der Waals surface area contributed by atoms with Gasteiger partial charge in [-0.15, -0.1) is 0 Å². The number of rotatable bonds is 4. The number of carbonyl (C=O) groups excluding carboxylic acids is 1. The van der Waals surface area contributed by atoms with Crippen LogP contribution in [0.15, 0.2) is 18.2 Å². The number of nitrogens with zero attached hydrogens (tertiary/aromatic N) is 1. The predicted molar refractivity (Wildman–Crippen MR) is 84.0 cm³/mol. The molecule has 1 aromatic rings. The Morgan fingerprint density at radius 2 is 2.00 bits per heavy atom. The fourth-order valence-electron chi connectivity index (χ4n) is 3.26. The van der Waals surface area contributed by atoms with E-state index in [2.05, 4.69) is 45.1 Å². The Morgan fingerprint density at radius 3 is 2.55 bits per heavy atom. The van der Waals surface area contributed by atoms with E-state index in [4.69, 9.17) is 0 Å². The van der Waals surface area contributed by atoms with E-state index >= 15 is 0 Å². The van der Waals surface area contributed by atoms with E-state index in [1.807, 2.05) is 11.0 Å². The third-order valence-corrected chi connectivity index (χ3v) is 4.66. The van der Waals surface area contributed by atoms with Gasteiger partial charge in [0.25, 0.3) is 0 Å². The molecule has 2 rings (SSSR count). The molecule has 1 saturated heterocycles. The van der Waals surface area contributed by atoms with Crippen LogP contribution < -0.4 is 5.32 Å². The normalized spacial score (nSPS) is 22.1. The summed E-state index contributed by atoms with van der Waals surface area (Å²) in [5, 5.41) is 3.32. The van der Waals surface area contributed by atoms with E-state index < -0.39 is 0 Å². The zero-order valence-corrected chi connectivity index (χ0v) is 13.1. The fourth-order valence-corrected chi connectivity index (χ4v) is 3.26. The molecule has 3 heteroatoms. The van der Waals surface area contributed by atoms with Gasteiger partial charge in [-0.2, -0.15) is 0 Å². The summed E-state index contributed by atoms with van der Waals surface area (Å²) in [5.74, 6) is 0.884. The summed E-state index contributed by atoms with van der Waals surface area (Å²) in [7, 11) is 0. The molecule has 1 aliphatic rings. The number of benzene rings is 1. The van der Waals surface area contributed by atoms with Gasteiger partial charge in [0.2, 0.25) is 5.91 Å². The zero-order chi connectivity index (χ0) is 14.7. The van der Waals surface area contributed by atoms with Crippen molar-refractivity contribution in [2.45, 2.75) is 46.6 Å². The smallest absolute Gasteiger partial charge is 0.242 e. The summed E-state index contributed by atoms with van der Waals surface area (Å²) >= 11 is 0. The molecular weight excluding hydrogens is 248 g/mol. The van der Waals surface area contributed by atoms with Crippen LogP contribution in [0.5, 0.6) is 0 Å². The third-order valence-electron chi connectivity index (χ3n) is 4.66. The van der Waals surface area contributed by atoms with E-state index in [0.29, 0.717) is 18.5 Å². The number of anilines is 1. The van der Waals surface area contributed by atoms with Gasteiger partial charge < -0.3 is 10.2 Å². The van der Waals surface area contributed by atoms with Crippen LogP contribution in [-0.4, -0.2) is 29.9 Å². The predicted octanol–water partition coefficient (Wildman–Crippen LogP) is 3.36. The summed E-state index contributed by atoms with van der Waals surface area (Å²) in [6.45, 7) is 9.85. The number of aryl methyl sites for hydroxylation is 2. The van der Waals surface area contributed by atoms with Gasteiger partial charge >= 0.3 is 0 Å². The third kappa shape index (κ3) is 2.97. The first-order valence-electron chi connectivity index (χ1n) is 7.64. The van der Waals surface area contributed by atoms with Crippen molar-refractivity contribution in [3.63, 3.8) is 0 Å². The second kappa shape index (κ2) is 6.29. The van der Waals surface area contributed by atoms with Crippen LogP contribution in [0.1, 0.15) is 37.8 Å². The van der Waals surface area contributed by atoms with Crippen molar-refractivity contribution in [1.29, 1.82) is 0 Å². The first-order chi connectivity index (χ1) is 9.54. The molecule has 1 heterocycles. The first kappa shape index (κ1) is 14.9. The van der Waals surface area contributed by atoms with E-state index in [1.54, 1.807) is 0 Å². The molecule has 2 atom stereocenters. The Hall–Kier alpha value is -1.51. The Morgan fingerprint density at radius 1 is 1.35 bits per heavy atom. The highest BCUT2D eigenvalue weighted by Crippen LogP contribution is 2.27. The SMILES string of the molecule is CC[C@@H]1CCN(C(=O)CNc2c(C)cccc2C)[C@H]1C. The zero-order valence-electron chi connectivity index (χ0n) is 13.1. The Kier molecular flexibility index (Phi) is 4.69. The summed E-state index contributed by atoms with van der Waals surface area (Å²) in [5.41, 5.74) is 3.48. The molecule has 0 aliphatic carbocycles. The summed E-state index contributed by atoms with van der Waals surface area (Å²) < 4.78 is 0. The molecule has 1 aliphatic heterocycles. The van der Waals surface area contributed by atoms with Gasteiger partial charge in [-0.25, -0.2) is 0 Å². The van der Waals surface area contributed by atoms with Crippen LogP contribution in [0.25, 0.3) is 0 Å². The van der Waals surface area contributed by atoms with Gasteiger partial charge in [-0.05, 0) is 44.2 Å². The maximum atomic E-state index is 12.4. The van der Waals surface area contributed by atoms with Crippen molar-refractivity contribution in [2.75, 3.05) is 18.4 Å². The van der Waals surface area contributed by atoms with Gasteiger partial charge in [0, 0.05) is 18.3 Å². The Balaban J connectivity index is 1.96. The van der Waals surface area contributed by atoms with Crippen molar-refractivity contribution in [3.05, 3.63) is 29.3 Å². The average molecular weight is 274 g/mol. The van der Waals surface area contributed by atoms with Gasteiger partial charge in [0.1, 0.15) is 0 Å². The van der Waals surface area contributed by atoms with E-state index in [-0.39, 0.29) is 5.91 Å². The molecule has 20 heavy (non-hydrogen) atoms. The number of likely N-dealkylation sites (tertiary alicyclic amines) is 1. The molecule has 0 bridgehead atoms. The molecule has 0 spiro atoms. The molecule has 3 nitrogen and oxygen atoms in total. The lowest BCUT2D eigenvalue weighted by molar-refractivity contribution is -0.130. The number of amides is 1. The summed E-state index contributed by atoms with van der Waals surface area (Å²) in [6.07, 6.45) is 2.31. The molecule has 1 fully saturated rings. The quantitative estimate of drug-likeness (QED) is 0.913. The Labute approximate surface area is 122 Å². The first-order valence-corrected chi connectivity index (χ1v) is 7.64. The number of para-hydroxylation sites is 1. The lowest BCUT2D eigenvalue weighted by Gasteiger charge is -2.25. The van der Waals surface area contributed by atoms with Gasteiger partial charge in [-0.1, -0.05) is 31.5 Å². The highest BCUT2D eigenvalue weighted by atomic mass is 16.2. The van der Waals surface area contributed by atoms with Crippen molar-refractivity contribution in [3.8, 4) is 0 Å². The molecule has 110 valence electrons. The summed E-state index contributed by atoms with van der Waals surface area (Å²) in [6, 6.07) is 6.58. The topological polar surface area (TPSA) is 32.3 Å². The maximum Gasteiger partial charge on any atom is 0.242 e. The van der Waals surface area contributed by atoms with Crippen LogP contribution >= 0.6 is 0 Å². The number of hydrogen-bond acceptors (Lipinski definition) is 2. The van der Waals surface area contributed by atoms with Gasteiger partial charge in [0.05, 0.1) is 6.54 Å². The lowest BCUT2D eigenvalue weighted by Crippen LogP contribution is -2.39. The number of nitrogens with one attached hydrogen (secondary N) is 1. The van der Waals surface area contributed by atoms with Crippen LogP contribution in [-0.2, 0) is 4.79 Å². The number of carbonyl (C=O) groups is 1. The second-order valence-electron chi connectivity index (χ2n) is 5.91. The van der Waals surface area contributed by atoms with Crippen molar-refractivity contribution >= 4 is 11.6 Å². The lowest BCUT2D eigenvalue weighted by atomic mass is 9.99. The molecule has 0 saturated carbocycles. The van der Waals surface area contributed by atoms with Crippen molar-refractivity contribution in [2.24, 2.45) is 5.92 Å². The van der Waals surface area contributed by atoms with Gasteiger partial charge in [-0.3, -0.25) is 4.79 Å². The fraction of sp³-hybridized carbons (Fsp3) is 0.588. The minimum atomic E-state index is 0.219. The average Bonchev–Trinajstić information content (AvgIpc) is 2.79. The molecular formula is C17H26N2O. The summed E-state index contributed by atoms with van der Waals surface area (Å²) in [4.78, 5) is 14.4. The largest absolute Gasteiger partial charge is 0.376 e. The standard InChI is InChI=1S/C17H26N2O/c1-5-15-9-10-19(14(15)4)16(20)11-18-17-12(2)7-6-8-13(17)3/h6-8,14-15,18H,5,9-11H2,1-4H3/t14-,15+/m0/s1. The minimum absolute atomic E-state index is 0.219. The number of hydrogen-bond donors (Lipinski definition) is 1. The molecule has 0 unspecified atom stereocenters. The van der Waals surface area contributed by atoms with E-state index in [1.165, 1.54) is 11.1 Å². The van der Waals surface area contributed by atoms with Crippen LogP contribution in [0.2, 0.25) is 0 Å². The maximum absolute atomic E-state index is 12.4. The highest BCUT2D eigenvalue weighted by molar-refractivity contribution is 5.82. The van der Waals surface area contributed by atoms with Crippen molar-refractivity contribution in [1.82, 2.24) is 4.90 Å². The van der Waals surface area contributed by atoms with Crippen LogP contribution in [0.3, 0.4) is 0 Å². The highest BCUT2D eigenvalue weighted by Gasteiger charge is 2.32. The molecule has 1 aromatic carbocycles. The van der Waals surface area contributed by atoms with Crippen LogP contribution in [0, 0.1) is 19.8 Å². The molecule has 1 amide bonds. The monoisotopic (exact) mass is 274 g/mol. The van der Waals surface area contributed by atoms with Gasteiger partial charge in [0.15, 0.2) is 0 Å².